The van der Waals surface area contributed by atoms with Crippen LogP contribution < -0.4 is 33.1 Å². The second-order valence-electron chi connectivity index (χ2n) is 24.6. The number of methoxy groups -OCH3 is 1. The Morgan fingerprint density at radius 1 is 0.458 bits per heavy atom. The van der Waals surface area contributed by atoms with Crippen LogP contribution in [0, 0.1) is 65.0 Å². The number of halogens is 9. The van der Waals surface area contributed by atoms with Gasteiger partial charge in [0.1, 0.15) is 79.9 Å². The van der Waals surface area contributed by atoms with Crippen molar-refractivity contribution in [3.8, 4) is 63.2 Å². The number of esters is 4. The topological polar surface area (TPSA) is 391 Å². The fraction of sp³-hybridized carbons (Fsp3) is 0.185. The highest BCUT2D eigenvalue weighted by Gasteiger charge is 2.32. The number of nitrogens with zero attached hydrogens (tertiary/aromatic N) is 3. The van der Waals surface area contributed by atoms with Gasteiger partial charge in [-0.05, 0) is 192 Å². The molecule has 39 heteroatoms. The van der Waals surface area contributed by atoms with Gasteiger partial charge in [-0.2, -0.15) is 13.2 Å². The van der Waals surface area contributed by atoms with E-state index >= 15 is 0 Å². The van der Waals surface area contributed by atoms with Crippen LogP contribution in [0.5, 0.6) is 63.2 Å². The molecule has 1 atom stereocenters. The molecule has 0 aliphatic heterocycles. The number of sulfonamides is 1. The van der Waals surface area contributed by atoms with Crippen molar-refractivity contribution in [1.82, 2.24) is 4.72 Å². The van der Waals surface area contributed by atoms with E-state index in [1.165, 1.54) is 38.3 Å². The summed E-state index contributed by atoms with van der Waals surface area (Å²) in [4.78, 5) is 101. The molecule has 0 fully saturated rings. The summed E-state index contributed by atoms with van der Waals surface area (Å²) in [7, 11) is -2.54. The first-order chi connectivity index (χ1) is 56.4. The van der Waals surface area contributed by atoms with Gasteiger partial charge in [0.05, 0.1) is 77.6 Å². The highest BCUT2D eigenvalue weighted by molar-refractivity contribution is 7.89. The Balaban J connectivity index is 0.000000233. The van der Waals surface area contributed by atoms with E-state index in [1.54, 1.807) is 121 Å². The van der Waals surface area contributed by atoms with Crippen LogP contribution >= 0.6 is 69.6 Å². The third-order valence-corrected chi connectivity index (χ3v) is 17.6. The van der Waals surface area contributed by atoms with E-state index < -0.39 is 113 Å². The largest absolute Gasteiger partial charge is 0.493 e. The molecule has 632 valence electrons. The average molecular weight is 1800 g/mol. The number of ether oxygens (including phenoxy) is 10. The maximum absolute atomic E-state index is 12.6. The zero-order chi connectivity index (χ0) is 89.2. The molecule has 120 heavy (non-hydrogen) atoms. The lowest BCUT2D eigenvalue weighted by Gasteiger charge is -2.13. The lowest BCUT2D eigenvalue weighted by atomic mass is 10.1. The average Bonchev–Trinajstić information content (AvgIpc) is 0.846. The molecule has 1 unspecified atom stereocenters. The molecule has 0 heterocycles. The monoisotopic (exact) mass is 1800 g/mol. The van der Waals surface area contributed by atoms with E-state index in [1.807, 2.05) is 41.5 Å². The minimum Gasteiger partial charge on any atom is -0.493 e. The van der Waals surface area contributed by atoms with E-state index in [9.17, 15) is 80.7 Å². The Labute approximate surface area is 712 Å². The number of carboxylic acid groups (broad SMARTS) is 1. The summed E-state index contributed by atoms with van der Waals surface area (Å²) in [6.45, 7) is 13.7. The number of carboxylic acids is 1. The van der Waals surface area contributed by atoms with Gasteiger partial charge < -0.3 is 52.5 Å². The van der Waals surface area contributed by atoms with Crippen LogP contribution in [0.1, 0.15) is 95.6 Å². The van der Waals surface area contributed by atoms with E-state index in [0.717, 1.165) is 82.6 Å². The molecule has 1 amide bonds. The second kappa shape index (κ2) is 44.3. The van der Waals surface area contributed by atoms with Gasteiger partial charge in [0.15, 0.2) is 12.7 Å². The molecule has 0 aliphatic carbocycles. The van der Waals surface area contributed by atoms with Gasteiger partial charge in [0.2, 0.25) is 10.0 Å². The minimum absolute atomic E-state index is 0.0926. The third kappa shape index (κ3) is 29.5. The fourth-order valence-electron chi connectivity index (χ4n) is 9.65. The zero-order valence-corrected chi connectivity index (χ0v) is 69.8. The van der Waals surface area contributed by atoms with Crippen LogP contribution in [-0.4, -0.2) is 103 Å². The number of carbonyl (C=O) groups excluding carboxylic acids is 5. The molecular weight excluding hydrogens is 1730 g/mol. The fourth-order valence-corrected chi connectivity index (χ4v) is 11.6. The van der Waals surface area contributed by atoms with Gasteiger partial charge >= 0.3 is 36.0 Å². The highest BCUT2D eigenvalue weighted by Crippen LogP contribution is 2.41. The summed E-state index contributed by atoms with van der Waals surface area (Å²) >= 11 is 36.0. The maximum atomic E-state index is 12.6. The number of hydrogen-bond donors (Lipinski definition) is 2. The van der Waals surface area contributed by atoms with Crippen LogP contribution in [0.4, 0.5) is 30.2 Å². The van der Waals surface area contributed by atoms with Crippen molar-refractivity contribution < 1.29 is 118 Å². The highest BCUT2D eigenvalue weighted by atomic mass is 35.5. The molecule has 10 aromatic carbocycles. The van der Waals surface area contributed by atoms with Crippen LogP contribution in [0.25, 0.3) is 0 Å². The van der Waals surface area contributed by atoms with E-state index in [2.05, 4.69) is 4.74 Å². The molecule has 0 aromatic heterocycles. The van der Waals surface area contributed by atoms with Crippen molar-refractivity contribution in [3.05, 3.63) is 298 Å². The van der Waals surface area contributed by atoms with Crippen molar-refractivity contribution in [2.24, 2.45) is 0 Å². The smallest absolute Gasteiger partial charge is 0.416 e. The van der Waals surface area contributed by atoms with Gasteiger partial charge in [-0.3, -0.25) is 35.1 Å². The quantitative estimate of drug-likeness (QED) is 0.0232. The maximum Gasteiger partial charge on any atom is 0.416 e. The van der Waals surface area contributed by atoms with Crippen molar-refractivity contribution in [1.29, 1.82) is 0 Å². The van der Waals surface area contributed by atoms with E-state index in [4.69, 9.17) is 117 Å². The molecule has 0 aliphatic rings. The van der Waals surface area contributed by atoms with Crippen LogP contribution in [0.15, 0.2) is 182 Å². The number of benzene rings is 10. The standard InChI is InChI=1S/C19H18ClNO7.C16H14ClF3O2.C16H12ClNO7.C15H12Cl2O3.C15H13ClN2O6S/c1-4-26-18(22)12(3)27-19(23)14-10-13(6-7-16(14)21(24)25)28-17-8-5-11(2)9-15(17)20;1-3-21-15-9-12(6-4-10(15)2)22-14-7-5-11(8-13(14)17)16(18,19)20;1-9-2-5-14(12(17)6-9)25-10-3-4-13(18(22)23)11(7-10)16(21)24-8-15(19)20;1-9-3-5-11(8-12(9)15(18)19-2)20-14-6-4-10(16)7-13(14)17;1-9-3-6-14(12(16)7-9)24-10-4-5-13(18(20)21)11(8-10)15(19)17-25(2,22)23/h5-10,12H,4H2,1-3H3;4-9H,3H2,1-2H3;2-7H,8H2,1H3,(H,19,20);3-8H,1-2H3;3-8H,1-2H3,(H,17,19). The Morgan fingerprint density at radius 2 is 0.833 bits per heavy atom. The first-order valence-corrected chi connectivity index (χ1v) is 38.6. The number of hydrogen-bond acceptors (Lipinski definition) is 24. The molecular formula is C81H69Cl6F3N4O25S. The summed E-state index contributed by atoms with van der Waals surface area (Å²) in [6, 6.07) is 43.9. The molecule has 0 spiro atoms. The number of carbonyl (C=O) groups is 6. The Morgan fingerprint density at radius 3 is 1.22 bits per heavy atom. The molecule has 2 N–H and O–H groups in total. The number of nitrogens with one attached hydrogen (secondary N) is 1. The van der Waals surface area contributed by atoms with Crippen molar-refractivity contribution in [3.63, 3.8) is 0 Å². The number of aliphatic carboxylic acids is 1. The number of nitro groups is 3. The summed E-state index contributed by atoms with van der Waals surface area (Å²) in [6.07, 6.45) is -4.89. The van der Waals surface area contributed by atoms with Gasteiger partial charge in [0.25, 0.3) is 23.0 Å². The van der Waals surface area contributed by atoms with Crippen LogP contribution in [-0.2, 0) is 44.7 Å². The number of nitro benzene ring substituents is 3. The van der Waals surface area contributed by atoms with Crippen LogP contribution in [0.2, 0.25) is 30.1 Å². The summed E-state index contributed by atoms with van der Waals surface area (Å²) in [5.41, 5.74) is 1.35. The second-order valence-corrected chi connectivity index (χ2v) is 28.9. The Hall–Kier alpha value is -12.5. The normalized spacial score (nSPS) is 10.9. The predicted octanol–water partition coefficient (Wildman–Crippen LogP) is 21.8. The summed E-state index contributed by atoms with van der Waals surface area (Å²) in [5, 5.41) is 43.7. The van der Waals surface area contributed by atoms with Gasteiger partial charge in [0, 0.05) is 47.5 Å². The lowest BCUT2D eigenvalue weighted by Crippen LogP contribution is -2.29. The zero-order valence-electron chi connectivity index (χ0n) is 64.4. The molecule has 0 saturated heterocycles. The lowest BCUT2D eigenvalue weighted by molar-refractivity contribution is -0.385. The van der Waals surface area contributed by atoms with E-state index in [-0.39, 0.29) is 45.9 Å². The summed E-state index contributed by atoms with van der Waals surface area (Å²) in [5.74, 6) is -2.39. The molecule has 29 nitrogen and oxygen atoms in total. The molecule has 10 aromatic rings. The molecule has 0 bridgehead atoms. The SMILES string of the molecule is CCOC(=O)C(C)OC(=O)c1cc(Oc2ccc(C)cc2Cl)ccc1[N+](=O)[O-].CCOc1cc(Oc2ccc(C(F)(F)F)cc2Cl)ccc1C.COC(=O)c1cc(Oc2ccc(Cl)cc2Cl)ccc1C.Cc1ccc(Oc2ccc([N+](=O)[O-])c(C(=O)NS(C)(=O)=O)c2)c(Cl)c1.Cc1ccc(Oc2ccc([N+](=O)[O-])c(C(=O)OCC(=O)O)c2)c(Cl)c1. The third-order valence-electron chi connectivity index (χ3n) is 15.3. The number of amides is 1. The number of alkyl halides is 3. The van der Waals surface area contributed by atoms with E-state index in [0.29, 0.717) is 71.8 Å². The van der Waals surface area contributed by atoms with Gasteiger partial charge in [-0.1, -0.05) is 99.9 Å². The number of aryl methyl sites for hydroxylation is 5. The van der Waals surface area contributed by atoms with Crippen molar-refractivity contribution in [2.45, 2.75) is 67.7 Å². The van der Waals surface area contributed by atoms with Gasteiger partial charge in [-0.15, -0.1) is 0 Å². The minimum atomic E-state index is -4.44. The Kier molecular flexibility index (Phi) is 35.6. The van der Waals surface area contributed by atoms with Gasteiger partial charge in [-0.25, -0.2) is 37.1 Å². The van der Waals surface area contributed by atoms with Crippen molar-refractivity contribution in [2.75, 3.05) is 33.2 Å². The Bertz CT molecular complexity index is 5630. The first-order valence-electron chi connectivity index (χ1n) is 34.4. The van der Waals surface area contributed by atoms with Crippen molar-refractivity contribution >= 4 is 132 Å². The predicted molar refractivity (Wildman–Crippen MR) is 438 cm³/mol. The molecule has 0 radical (unpaired) electrons. The first kappa shape index (κ1) is 96.3. The van der Waals surface area contributed by atoms with Crippen LogP contribution in [0.3, 0.4) is 0 Å². The molecule has 0 saturated carbocycles. The molecule has 10 rings (SSSR count). The summed E-state index contributed by atoms with van der Waals surface area (Å²) < 4.78 is 114. The number of rotatable bonds is 25.